The van der Waals surface area contributed by atoms with Gasteiger partial charge < -0.3 is 15.4 Å². The molecular weight excluding hydrogens is 347 g/mol. The van der Waals surface area contributed by atoms with Crippen LogP contribution in [-0.2, 0) is 4.74 Å². The Morgan fingerprint density at radius 3 is 2.58 bits per heavy atom. The molecule has 1 amide bonds. The number of carbonyl (C=O) groups is 1. The lowest BCUT2D eigenvalue weighted by Gasteiger charge is -2.25. The maximum atomic E-state index is 12.0. The number of hydrogen-bond acceptors (Lipinski definition) is 3. The second-order valence-corrected chi connectivity index (χ2v) is 8.15. The largest absolute Gasteiger partial charge is 0.444 e. The van der Waals surface area contributed by atoms with Crippen molar-refractivity contribution in [3.05, 3.63) is 33.8 Å². The highest BCUT2D eigenvalue weighted by atomic mass is 35.5. The van der Waals surface area contributed by atoms with Crippen LogP contribution in [0, 0.1) is 5.92 Å². The third-order valence-electron chi connectivity index (χ3n) is 3.99. The van der Waals surface area contributed by atoms with Crippen LogP contribution in [-0.4, -0.2) is 24.3 Å². The van der Waals surface area contributed by atoms with E-state index in [0.29, 0.717) is 22.5 Å². The second kappa shape index (κ2) is 7.94. The minimum atomic E-state index is -0.493. The molecule has 1 fully saturated rings. The number of amides is 1. The Morgan fingerprint density at radius 1 is 1.33 bits per heavy atom. The summed E-state index contributed by atoms with van der Waals surface area (Å²) in [7, 11) is 0. The van der Waals surface area contributed by atoms with Gasteiger partial charge in [0.05, 0.1) is 10.0 Å². The molecule has 0 heterocycles. The molecule has 4 nitrogen and oxygen atoms in total. The number of alkyl carbamates (subject to hydrolysis) is 1. The number of ether oxygens (including phenoxy) is 1. The van der Waals surface area contributed by atoms with E-state index in [4.69, 9.17) is 27.9 Å². The van der Waals surface area contributed by atoms with Gasteiger partial charge in [0.1, 0.15) is 5.60 Å². The quantitative estimate of drug-likeness (QED) is 0.742. The number of halogens is 2. The van der Waals surface area contributed by atoms with Gasteiger partial charge in [0, 0.05) is 18.6 Å². The zero-order valence-corrected chi connectivity index (χ0v) is 16.2. The molecule has 0 saturated heterocycles. The van der Waals surface area contributed by atoms with Crippen LogP contribution in [0.3, 0.4) is 0 Å². The molecule has 1 aromatic rings. The maximum absolute atomic E-state index is 12.0. The SMILES string of the molecule is CC(NCC(NC(=O)OC(C)(C)C)C1CC1)c1cccc(Cl)c1Cl. The highest BCUT2D eigenvalue weighted by molar-refractivity contribution is 6.42. The molecule has 1 aliphatic carbocycles. The van der Waals surface area contributed by atoms with Crippen molar-refractivity contribution in [3.63, 3.8) is 0 Å². The summed E-state index contributed by atoms with van der Waals surface area (Å²) in [6.45, 7) is 8.28. The fraction of sp³-hybridized carbons (Fsp3) is 0.611. The highest BCUT2D eigenvalue weighted by Crippen LogP contribution is 2.33. The van der Waals surface area contributed by atoms with Crippen LogP contribution < -0.4 is 10.6 Å². The van der Waals surface area contributed by atoms with E-state index in [2.05, 4.69) is 10.6 Å². The highest BCUT2D eigenvalue weighted by Gasteiger charge is 2.33. The van der Waals surface area contributed by atoms with Crippen LogP contribution in [0.4, 0.5) is 4.79 Å². The third-order valence-corrected chi connectivity index (χ3v) is 4.82. The summed E-state index contributed by atoms with van der Waals surface area (Å²) in [6, 6.07) is 5.72. The first-order chi connectivity index (χ1) is 11.2. The van der Waals surface area contributed by atoms with Gasteiger partial charge in [0.25, 0.3) is 0 Å². The Labute approximate surface area is 154 Å². The number of carbonyl (C=O) groups excluding carboxylic acids is 1. The Bertz CT molecular complexity index is 583. The zero-order chi connectivity index (χ0) is 17.9. The molecule has 2 unspecified atom stereocenters. The van der Waals surface area contributed by atoms with Crippen molar-refractivity contribution in [3.8, 4) is 0 Å². The van der Waals surface area contributed by atoms with E-state index < -0.39 is 5.60 Å². The monoisotopic (exact) mass is 372 g/mol. The fourth-order valence-electron chi connectivity index (χ4n) is 2.56. The summed E-state index contributed by atoms with van der Waals surface area (Å²) in [4.78, 5) is 12.0. The van der Waals surface area contributed by atoms with Gasteiger partial charge in [-0.05, 0) is 58.1 Å². The molecule has 1 aromatic carbocycles. The van der Waals surface area contributed by atoms with Crippen molar-refractivity contribution in [1.29, 1.82) is 0 Å². The third kappa shape index (κ3) is 5.83. The lowest BCUT2D eigenvalue weighted by atomic mass is 10.1. The van der Waals surface area contributed by atoms with E-state index in [-0.39, 0.29) is 18.2 Å². The summed E-state index contributed by atoms with van der Waals surface area (Å²) in [5.41, 5.74) is 0.462. The lowest BCUT2D eigenvalue weighted by Crippen LogP contribution is -2.46. The van der Waals surface area contributed by atoms with Gasteiger partial charge in [-0.3, -0.25) is 0 Å². The molecule has 0 aromatic heterocycles. The minimum Gasteiger partial charge on any atom is -0.444 e. The normalized spacial score (nSPS) is 17.2. The van der Waals surface area contributed by atoms with Gasteiger partial charge >= 0.3 is 6.09 Å². The van der Waals surface area contributed by atoms with Gasteiger partial charge in [-0.2, -0.15) is 0 Å². The van der Waals surface area contributed by atoms with Crippen molar-refractivity contribution >= 4 is 29.3 Å². The van der Waals surface area contributed by atoms with E-state index in [1.165, 1.54) is 0 Å². The van der Waals surface area contributed by atoms with Gasteiger partial charge in [-0.1, -0.05) is 35.3 Å². The molecule has 0 radical (unpaired) electrons. The van der Waals surface area contributed by atoms with Crippen LogP contribution in [0.15, 0.2) is 18.2 Å². The molecule has 2 rings (SSSR count). The fourth-order valence-corrected chi connectivity index (χ4v) is 3.03. The Morgan fingerprint density at radius 2 is 2.00 bits per heavy atom. The van der Waals surface area contributed by atoms with Crippen molar-refractivity contribution in [1.82, 2.24) is 10.6 Å². The Kier molecular flexibility index (Phi) is 6.40. The van der Waals surface area contributed by atoms with Gasteiger partial charge in [-0.25, -0.2) is 4.79 Å². The standard InChI is InChI=1S/C18H26Cl2N2O2/c1-11(13-6-5-7-14(19)16(13)20)21-10-15(12-8-9-12)22-17(23)24-18(2,3)4/h5-7,11-12,15,21H,8-10H2,1-4H3,(H,22,23). The first-order valence-corrected chi connectivity index (χ1v) is 9.10. The Balaban J connectivity index is 1.92. The topological polar surface area (TPSA) is 50.4 Å². The van der Waals surface area contributed by atoms with E-state index >= 15 is 0 Å². The van der Waals surface area contributed by atoms with Crippen LogP contribution >= 0.6 is 23.2 Å². The summed E-state index contributed by atoms with van der Waals surface area (Å²) >= 11 is 12.4. The van der Waals surface area contributed by atoms with Crippen molar-refractivity contribution in [2.75, 3.05) is 6.54 Å². The van der Waals surface area contributed by atoms with E-state index in [9.17, 15) is 4.79 Å². The average Bonchev–Trinajstić information content (AvgIpc) is 3.28. The van der Waals surface area contributed by atoms with Crippen molar-refractivity contribution in [2.24, 2.45) is 5.92 Å². The van der Waals surface area contributed by atoms with Crippen LogP contribution in [0.1, 0.15) is 52.1 Å². The average molecular weight is 373 g/mol. The molecule has 0 bridgehead atoms. The molecule has 0 spiro atoms. The molecule has 1 saturated carbocycles. The molecule has 0 aliphatic heterocycles. The maximum Gasteiger partial charge on any atom is 0.407 e. The van der Waals surface area contributed by atoms with Crippen LogP contribution in [0.25, 0.3) is 0 Å². The first kappa shape index (κ1) is 19.4. The second-order valence-electron chi connectivity index (χ2n) is 7.36. The summed E-state index contributed by atoms with van der Waals surface area (Å²) in [5.74, 6) is 0.507. The zero-order valence-electron chi connectivity index (χ0n) is 14.7. The van der Waals surface area contributed by atoms with E-state index in [1.807, 2.05) is 39.8 Å². The molecule has 2 N–H and O–H groups in total. The molecule has 1 aliphatic rings. The van der Waals surface area contributed by atoms with Crippen LogP contribution in [0.2, 0.25) is 10.0 Å². The smallest absolute Gasteiger partial charge is 0.407 e. The van der Waals surface area contributed by atoms with E-state index in [1.54, 1.807) is 6.07 Å². The molecule has 134 valence electrons. The van der Waals surface area contributed by atoms with Gasteiger partial charge in [0.2, 0.25) is 0 Å². The number of rotatable bonds is 6. The summed E-state index contributed by atoms with van der Waals surface area (Å²) < 4.78 is 5.36. The molecule has 2 atom stereocenters. The van der Waals surface area contributed by atoms with E-state index in [0.717, 1.165) is 18.4 Å². The number of benzene rings is 1. The van der Waals surface area contributed by atoms with Gasteiger partial charge in [-0.15, -0.1) is 0 Å². The lowest BCUT2D eigenvalue weighted by molar-refractivity contribution is 0.0497. The minimum absolute atomic E-state index is 0.0397. The molecule has 24 heavy (non-hydrogen) atoms. The predicted molar refractivity (Wildman–Crippen MR) is 98.8 cm³/mol. The Hall–Kier alpha value is -0.970. The van der Waals surface area contributed by atoms with Crippen molar-refractivity contribution < 1.29 is 9.53 Å². The molecular formula is C18H26Cl2N2O2. The number of hydrogen-bond donors (Lipinski definition) is 2. The summed E-state index contributed by atoms with van der Waals surface area (Å²) in [5, 5.41) is 7.55. The predicted octanol–water partition coefficient (Wildman–Crippen LogP) is 4.95. The number of nitrogens with one attached hydrogen (secondary N) is 2. The van der Waals surface area contributed by atoms with Gasteiger partial charge in [0.15, 0.2) is 0 Å². The van der Waals surface area contributed by atoms with Crippen LogP contribution in [0.5, 0.6) is 0 Å². The van der Waals surface area contributed by atoms with Crippen molar-refractivity contribution in [2.45, 2.75) is 58.2 Å². The first-order valence-electron chi connectivity index (χ1n) is 8.34. The molecule has 6 heteroatoms. The summed E-state index contributed by atoms with van der Waals surface area (Å²) in [6.07, 6.45) is 1.90.